The molecule has 0 aliphatic carbocycles. The van der Waals surface area contributed by atoms with Crippen molar-refractivity contribution in [2.45, 2.75) is 13.0 Å². The first kappa shape index (κ1) is 9.45. The van der Waals surface area contributed by atoms with E-state index in [0.717, 1.165) is 0 Å². The Morgan fingerprint density at radius 1 is 1.43 bits per heavy atom. The Hall–Kier alpha value is -1.10. The van der Waals surface area contributed by atoms with Gasteiger partial charge in [-0.1, -0.05) is 0 Å². The van der Waals surface area contributed by atoms with Crippen molar-refractivity contribution in [3.8, 4) is 0 Å². The summed E-state index contributed by atoms with van der Waals surface area (Å²) >= 11 is 0. The predicted molar refractivity (Wildman–Crippen MR) is 48.6 cm³/mol. The molecule has 3 amide bonds. The third-order valence-electron chi connectivity index (χ3n) is 2.97. The Balaban J connectivity index is 2.28. The molecule has 2 fully saturated rings. The molecular weight excluding hydrogens is 184 g/mol. The van der Waals surface area contributed by atoms with Crippen molar-refractivity contribution in [2.75, 3.05) is 26.8 Å². The highest BCUT2D eigenvalue weighted by Gasteiger charge is 2.47. The summed E-state index contributed by atoms with van der Waals surface area (Å²) in [6.07, 6.45) is 0. The molecule has 0 saturated carbocycles. The largest absolute Gasteiger partial charge is 0.378 e. The Labute approximate surface area is 82.6 Å². The molecule has 5 heteroatoms. The van der Waals surface area contributed by atoms with E-state index in [1.54, 1.807) is 4.90 Å². The number of imide groups is 1. The standard InChI is InChI=1S/C9H14N2O3/c1-3-11-7-5-14-4-6(7)8(12)10(2)9(11)13/h6-7H,3-5H2,1-2H3. The Morgan fingerprint density at radius 3 is 2.79 bits per heavy atom. The lowest BCUT2D eigenvalue weighted by molar-refractivity contribution is -0.135. The molecule has 2 heterocycles. The van der Waals surface area contributed by atoms with E-state index in [4.69, 9.17) is 4.74 Å². The second-order valence-corrected chi connectivity index (χ2v) is 3.68. The van der Waals surface area contributed by atoms with Gasteiger partial charge in [0, 0.05) is 13.6 Å². The van der Waals surface area contributed by atoms with E-state index >= 15 is 0 Å². The number of carbonyl (C=O) groups excluding carboxylic acids is 2. The monoisotopic (exact) mass is 198 g/mol. The number of ether oxygens (including phenoxy) is 1. The predicted octanol–water partition coefficient (Wildman–Crippen LogP) is -0.0847. The lowest BCUT2D eigenvalue weighted by Crippen LogP contribution is -2.60. The maximum Gasteiger partial charge on any atom is 0.326 e. The topological polar surface area (TPSA) is 49.9 Å². The van der Waals surface area contributed by atoms with Gasteiger partial charge in [-0.2, -0.15) is 0 Å². The second-order valence-electron chi connectivity index (χ2n) is 3.68. The lowest BCUT2D eigenvalue weighted by atomic mass is 9.98. The summed E-state index contributed by atoms with van der Waals surface area (Å²) in [5, 5.41) is 0. The molecule has 2 rings (SSSR count). The average Bonchev–Trinajstić information content (AvgIpc) is 2.64. The van der Waals surface area contributed by atoms with Crippen molar-refractivity contribution >= 4 is 11.9 Å². The SMILES string of the molecule is CCN1C(=O)N(C)C(=O)C2COCC21. The van der Waals surface area contributed by atoms with E-state index in [-0.39, 0.29) is 23.9 Å². The van der Waals surface area contributed by atoms with Crippen LogP contribution < -0.4 is 0 Å². The minimum atomic E-state index is -0.204. The van der Waals surface area contributed by atoms with Gasteiger partial charge in [-0.25, -0.2) is 4.79 Å². The number of amides is 3. The van der Waals surface area contributed by atoms with Crippen LogP contribution in [0, 0.1) is 5.92 Å². The maximum absolute atomic E-state index is 11.7. The fourth-order valence-corrected chi connectivity index (χ4v) is 2.13. The number of fused-ring (bicyclic) bond motifs is 1. The van der Waals surface area contributed by atoms with Gasteiger partial charge in [0.15, 0.2) is 0 Å². The molecule has 0 radical (unpaired) electrons. The van der Waals surface area contributed by atoms with E-state index in [0.29, 0.717) is 19.8 Å². The Kier molecular flexibility index (Phi) is 2.19. The van der Waals surface area contributed by atoms with Gasteiger partial charge in [0.05, 0.1) is 25.2 Å². The zero-order chi connectivity index (χ0) is 10.3. The van der Waals surface area contributed by atoms with Gasteiger partial charge in [0.1, 0.15) is 0 Å². The van der Waals surface area contributed by atoms with Gasteiger partial charge in [-0.05, 0) is 6.92 Å². The number of hydrogen-bond acceptors (Lipinski definition) is 3. The van der Waals surface area contributed by atoms with E-state index in [1.807, 2.05) is 6.92 Å². The van der Waals surface area contributed by atoms with Crippen LogP contribution in [0.5, 0.6) is 0 Å². The smallest absolute Gasteiger partial charge is 0.326 e. The molecular formula is C9H14N2O3. The van der Waals surface area contributed by atoms with Crippen LogP contribution in [0.2, 0.25) is 0 Å². The molecule has 0 aromatic carbocycles. The molecule has 2 atom stereocenters. The molecule has 0 aromatic heterocycles. The van der Waals surface area contributed by atoms with E-state index in [2.05, 4.69) is 0 Å². The first-order valence-electron chi connectivity index (χ1n) is 4.82. The molecule has 78 valence electrons. The van der Waals surface area contributed by atoms with Crippen molar-refractivity contribution < 1.29 is 14.3 Å². The highest BCUT2D eigenvalue weighted by Crippen LogP contribution is 2.26. The van der Waals surface area contributed by atoms with Crippen LogP contribution in [-0.4, -0.2) is 54.6 Å². The second kappa shape index (κ2) is 3.24. The van der Waals surface area contributed by atoms with Gasteiger partial charge in [-0.15, -0.1) is 0 Å². The van der Waals surface area contributed by atoms with Crippen LogP contribution in [0.15, 0.2) is 0 Å². The van der Waals surface area contributed by atoms with Crippen molar-refractivity contribution in [1.29, 1.82) is 0 Å². The fraction of sp³-hybridized carbons (Fsp3) is 0.778. The van der Waals surface area contributed by atoms with Crippen molar-refractivity contribution in [2.24, 2.45) is 5.92 Å². The quantitative estimate of drug-likeness (QED) is 0.592. The van der Waals surface area contributed by atoms with Gasteiger partial charge in [0.2, 0.25) is 5.91 Å². The van der Waals surface area contributed by atoms with Gasteiger partial charge < -0.3 is 9.64 Å². The van der Waals surface area contributed by atoms with Crippen LogP contribution in [0.1, 0.15) is 6.92 Å². The number of urea groups is 1. The van der Waals surface area contributed by atoms with Crippen molar-refractivity contribution in [3.05, 3.63) is 0 Å². The van der Waals surface area contributed by atoms with Crippen LogP contribution in [0.3, 0.4) is 0 Å². The minimum Gasteiger partial charge on any atom is -0.378 e. The van der Waals surface area contributed by atoms with Gasteiger partial charge in [0.25, 0.3) is 0 Å². The Morgan fingerprint density at radius 2 is 2.14 bits per heavy atom. The number of nitrogens with zero attached hydrogens (tertiary/aromatic N) is 2. The number of hydrogen-bond donors (Lipinski definition) is 0. The zero-order valence-corrected chi connectivity index (χ0v) is 8.40. The highest BCUT2D eigenvalue weighted by molar-refractivity contribution is 5.98. The molecule has 2 unspecified atom stereocenters. The first-order valence-corrected chi connectivity index (χ1v) is 4.82. The normalized spacial score (nSPS) is 32.4. The summed E-state index contributed by atoms with van der Waals surface area (Å²) in [7, 11) is 1.53. The molecule has 5 nitrogen and oxygen atoms in total. The van der Waals surface area contributed by atoms with Crippen molar-refractivity contribution in [3.63, 3.8) is 0 Å². The summed E-state index contributed by atoms with van der Waals surface area (Å²) in [5.74, 6) is -0.264. The van der Waals surface area contributed by atoms with Crippen LogP contribution in [-0.2, 0) is 9.53 Å². The van der Waals surface area contributed by atoms with Crippen LogP contribution in [0.25, 0.3) is 0 Å². The van der Waals surface area contributed by atoms with Gasteiger partial charge in [-0.3, -0.25) is 9.69 Å². The molecule has 0 N–H and O–H groups in total. The fourth-order valence-electron chi connectivity index (χ4n) is 2.13. The number of carbonyl (C=O) groups is 2. The molecule has 0 aromatic rings. The Bertz CT molecular complexity index is 279. The average molecular weight is 198 g/mol. The van der Waals surface area contributed by atoms with Crippen LogP contribution in [0.4, 0.5) is 4.79 Å². The molecule has 0 bridgehead atoms. The molecule has 2 aliphatic heterocycles. The summed E-state index contributed by atoms with van der Waals surface area (Å²) in [4.78, 5) is 26.3. The van der Waals surface area contributed by atoms with E-state index in [9.17, 15) is 9.59 Å². The molecule has 2 saturated heterocycles. The summed E-state index contributed by atoms with van der Waals surface area (Å²) in [5.41, 5.74) is 0. The summed E-state index contributed by atoms with van der Waals surface area (Å²) < 4.78 is 5.25. The maximum atomic E-state index is 11.7. The van der Waals surface area contributed by atoms with Crippen LogP contribution >= 0.6 is 0 Å². The lowest BCUT2D eigenvalue weighted by Gasteiger charge is -2.38. The zero-order valence-electron chi connectivity index (χ0n) is 8.40. The molecule has 14 heavy (non-hydrogen) atoms. The third kappa shape index (κ3) is 1.12. The minimum absolute atomic E-state index is 0.0452. The molecule has 0 spiro atoms. The highest BCUT2D eigenvalue weighted by atomic mass is 16.5. The third-order valence-corrected chi connectivity index (χ3v) is 2.97. The summed E-state index contributed by atoms with van der Waals surface area (Å²) in [6, 6.07) is -0.250. The summed E-state index contributed by atoms with van der Waals surface area (Å²) in [6.45, 7) is 3.47. The number of rotatable bonds is 1. The number of likely N-dealkylation sites (N-methyl/N-ethyl adjacent to an activating group) is 1. The first-order chi connectivity index (χ1) is 6.66. The molecule has 2 aliphatic rings. The van der Waals surface area contributed by atoms with Crippen molar-refractivity contribution in [1.82, 2.24) is 9.80 Å². The van der Waals surface area contributed by atoms with E-state index < -0.39 is 0 Å². The van der Waals surface area contributed by atoms with E-state index in [1.165, 1.54) is 11.9 Å². The van der Waals surface area contributed by atoms with Gasteiger partial charge >= 0.3 is 6.03 Å².